The van der Waals surface area contributed by atoms with Gasteiger partial charge >= 0.3 is 0 Å². The third-order valence-electron chi connectivity index (χ3n) is 5.19. The summed E-state index contributed by atoms with van der Waals surface area (Å²) in [6, 6.07) is 16.8. The Morgan fingerprint density at radius 1 is 0.929 bits per heavy atom. The molecule has 2 aromatic rings. The van der Waals surface area contributed by atoms with E-state index in [-0.39, 0.29) is 6.61 Å². The lowest BCUT2D eigenvalue weighted by Crippen LogP contribution is -2.49. The minimum atomic E-state index is 0.0862. The van der Waals surface area contributed by atoms with Crippen LogP contribution < -0.4 is 0 Å². The monoisotopic (exact) mass is 381 g/mol. The van der Waals surface area contributed by atoms with Gasteiger partial charge in [-0.05, 0) is 31.0 Å². The highest BCUT2D eigenvalue weighted by molar-refractivity contribution is 6.01. The molecule has 0 amide bonds. The highest BCUT2D eigenvalue weighted by Gasteiger charge is 2.22. The van der Waals surface area contributed by atoms with Gasteiger partial charge in [0.15, 0.2) is 0 Å². The van der Waals surface area contributed by atoms with Crippen LogP contribution in [0.3, 0.4) is 0 Å². The van der Waals surface area contributed by atoms with Crippen LogP contribution in [-0.4, -0.2) is 73.3 Å². The number of ether oxygens (including phenoxy) is 1. The van der Waals surface area contributed by atoms with Gasteiger partial charge in [-0.25, -0.2) is 4.99 Å². The summed E-state index contributed by atoms with van der Waals surface area (Å²) in [6.07, 6.45) is 0. The molecule has 2 aromatic carbocycles. The molecule has 0 radical (unpaired) electrons. The standard InChI is InChI=1S/C23H31N3O2/c1-19-7-3-5-9-21(19)23(24-22-10-6-4-8-20(22)2)26-13-11-25(12-14-26)15-17-28-18-16-27/h3-10,27H,11-18H2,1-2H3/b24-23+. The van der Waals surface area contributed by atoms with E-state index < -0.39 is 0 Å². The molecule has 0 bridgehead atoms. The van der Waals surface area contributed by atoms with Crippen LogP contribution in [0.5, 0.6) is 0 Å². The largest absolute Gasteiger partial charge is 0.394 e. The van der Waals surface area contributed by atoms with Crippen molar-refractivity contribution in [1.29, 1.82) is 0 Å². The number of nitrogens with zero attached hydrogens (tertiary/aromatic N) is 3. The summed E-state index contributed by atoms with van der Waals surface area (Å²) >= 11 is 0. The number of benzene rings is 2. The molecule has 1 saturated heterocycles. The molecule has 1 fully saturated rings. The van der Waals surface area contributed by atoms with Crippen LogP contribution in [0, 0.1) is 13.8 Å². The second kappa shape index (κ2) is 10.4. The van der Waals surface area contributed by atoms with E-state index in [2.05, 4.69) is 66.1 Å². The molecular formula is C23H31N3O2. The van der Waals surface area contributed by atoms with Crippen LogP contribution in [0.25, 0.3) is 0 Å². The SMILES string of the molecule is Cc1ccccc1/N=C(\c1ccccc1C)N1CCN(CCOCCO)CC1. The first-order valence-electron chi connectivity index (χ1n) is 10.1. The summed E-state index contributed by atoms with van der Waals surface area (Å²) in [5.41, 5.74) is 4.66. The van der Waals surface area contributed by atoms with Gasteiger partial charge in [0.25, 0.3) is 0 Å². The number of rotatable bonds is 7. The van der Waals surface area contributed by atoms with Gasteiger partial charge < -0.3 is 14.7 Å². The topological polar surface area (TPSA) is 48.3 Å². The van der Waals surface area contributed by atoms with E-state index in [0.717, 1.165) is 44.2 Å². The smallest absolute Gasteiger partial charge is 0.136 e. The van der Waals surface area contributed by atoms with Crippen molar-refractivity contribution in [2.24, 2.45) is 4.99 Å². The zero-order chi connectivity index (χ0) is 19.8. The fraction of sp³-hybridized carbons (Fsp3) is 0.435. The Kier molecular flexibility index (Phi) is 7.60. The number of amidine groups is 1. The minimum absolute atomic E-state index is 0.0862. The molecule has 1 heterocycles. The quantitative estimate of drug-likeness (QED) is 0.455. The Morgan fingerprint density at radius 3 is 2.29 bits per heavy atom. The van der Waals surface area contributed by atoms with Crippen LogP contribution in [0.4, 0.5) is 5.69 Å². The van der Waals surface area contributed by atoms with Crippen molar-refractivity contribution in [2.45, 2.75) is 13.8 Å². The molecule has 0 aliphatic carbocycles. The van der Waals surface area contributed by atoms with Crippen molar-refractivity contribution in [3.8, 4) is 0 Å². The second-order valence-corrected chi connectivity index (χ2v) is 7.20. The molecule has 0 unspecified atom stereocenters. The van der Waals surface area contributed by atoms with Crippen molar-refractivity contribution >= 4 is 11.5 Å². The number of aliphatic hydroxyl groups excluding tert-OH is 1. The molecule has 0 atom stereocenters. The fourth-order valence-electron chi connectivity index (χ4n) is 3.47. The Balaban J connectivity index is 1.76. The molecule has 3 rings (SSSR count). The van der Waals surface area contributed by atoms with E-state index in [4.69, 9.17) is 14.8 Å². The number of aliphatic hydroxyl groups is 1. The van der Waals surface area contributed by atoms with Crippen molar-refractivity contribution in [3.63, 3.8) is 0 Å². The molecule has 5 heteroatoms. The molecule has 1 aliphatic heterocycles. The maximum absolute atomic E-state index is 8.81. The van der Waals surface area contributed by atoms with Gasteiger partial charge in [0.05, 0.1) is 25.5 Å². The molecular weight excluding hydrogens is 350 g/mol. The van der Waals surface area contributed by atoms with Gasteiger partial charge in [-0.1, -0.05) is 42.5 Å². The first-order valence-corrected chi connectivity index (χ1v) is 10.1. The van der Waals surface area contributed by atoms with Crippen molar-refractivity contribution < 1.29 is 9.84 Å². The van der Waals surface area contributed by atoms with E-state index >= 15 is 0 Å². The third kappa shape index (κ3) is 5.41. The average molecular weight is 382 g/mol. The van der Waals surface area contributed by atoms with Crippen molar-refractivity contribution in [2.75, 3.05) is 52.5 Å². The van der Waals surface area contributed by atoms with Gasteiger partial charge in [-0.2, -0.15) is 0 Å². The molecule has 1 N–H and O–H groups in total. The van der Waals surface area contributed by atoms with Crippen LogP contribution in [-0.2, 0) is 4.74 Å². The summed E-state index contributed by atoms with van der Waals surface area (Å²) in [5, 5.41) is 8.81. The van der Waals surface area contributed by atoms with Crippen LogP contribution in [0.2, 0.25) is 0 Å². The molecule has 1 aliphatic rings. The number of aryl methyl sites for hydroxylation is 2. The zero-order valence-corrected chi connectivity index (χ0v) is 17.0. The van der Waals surface area contributed by atoms with Crippen molar-refractivity contribution in [3.05, 3.63) is 65.2 Å². The Labute approximate surface area is 168 Å². The van der Waals surface area contributed by atoms with E-state index in [0.29, 0.717) is 13.2 Å². The molecule has 0 saturated carbocycles. The number of hydrogen-bond donors (Lipinski definition) is 1. The molecule has 28 heavy (non-hydrogen) atoms. The summed E-state index contributed by atoms with van der Waals surface area (Å²) < 4.78 is 5.41. The highest BCUT2D eigenvalue weighted by Crippen LogP contribution is 2.22. The van der Waals surface area contributed by atoms with E-state index in [1.165, 1.54) is 16.7 Å². The average Bonchev–Trinajstić information content (AvgIpc) is 2.72. The summed E-state index contributed by atoms with van der Waals surface area (Å²) in [6.45, 7) is 10.2. The zero-order valence-electron chi connectivity index (χ0n) is 17.0. The Bertz CT molecular complexity index is 783. The normalized spacial score (nSPS) is 15.8. The number of piperazine rings is 1. The lowest BCUT2D eigenvalue weighted by Gasteiger charge is -2.37. The maximum Gasteiger partial charge on any atom is 0.136 e. The molecule has 5 nitrogen and oxygen atoms in total. The van der Waals surface area contributed by atoms with Gasteiger partial charge in [0.1, 0.15) is 5.84 Å². The van der Waals surface area contributed by atoms with Gasteiger partial charge in [-0.3, -0.25) is 4.90 Å². The molecule has 0 aromatic heterocycles. The van der Waals surface area contributed by atoms with Crippen LogP contribution in [0.15, 0.2) is 53.5 Å². The summed E-state index contributed by atoms with van der Waals surface area (Å²) in [4.78, 5) is 9.91. The predicted octanol–water partition coefficient (Wildman–Crippen LogP) is 3.01. The summed E-state index contributed by atoms with van der Waals surface area (Å²) in [7, 11) is 0. The van der Waals surface area contributed by atoms with Crippen molar-refractivity contribution in [1.82, 2.24) is 9.80 Å². The Morgan fingerprint density at radius 2 is 1.61 bits per heavy atom. The van der Waals surface area contributed by atoms with Gasteiger partial charge in [0.2, 0.25) is 0 Å². The summed E-state index contributed by atoms with van der Waals surface area (Å²) in [5.74, 6) is 1.06. The second-order valence-electron chi connectivity index (χ2n) is 7.20. The van der Waals surface area contributed by atoms with E-state index in [1.54, 1.807) is 0 Å². The highest BCUT2D eigenvalue weighted by atomic mass is 16.5. The van der Waals surface area contributed by atoms with E-state index in [1.807, 2.05) is 6.07 Å². The van der Waals surface area contributed by atoms with Crippen LogP contribution in [0.1, 0.15) is 16.7 Å². The van der Waals surface area contributed by atoms with Crippen LogP contribution >= 0.6 is 0 Å². The first kappa shape index (κ1) is 20.5. The molecule has 0 spiro atoms. The Hall–Kier alpha value is -2.21. The fourth-order valence-corrected chi connectivity index (χ4v) is 3.47. The lowest BCUT2D eigenvalue weighted by atomic mass is 10.1. The first-order chi connectivity index (χ1) is 13.7. The van der Waals surface area contributed by atoms with Gasteiger partial charge in [-0.15, -0.1) is 0 Å². The minimum Gasteiger partial charge on any atom is -0.394 e. The van der Waals surface area contributed by atoms with Gasteiger partial charge in [0, 0.05) is 38.3 Å². The number of hydrogen-bond acceptors (Lipinski definition) is 4. The number of aliphatic imine (C=N–C) groups is 1. The predicted molar refractivity (Wildman–Crippen MR) is 114 cm³/mol. The molecule has 150 valence electrons. The lowest BCUT2D eigenvalue weighted by molar-refractivity contribution is 0.0652. The maximum atomic E-state index is 8.81. The van der Waals surface area contributed by atoms with E-state index in [9.17, 15) is 0 Å². The third-order valence-corrected chi connectivity index (χ3v) is 5.19. The number of para-hydroxylation sites is 1.